The van der Waals surface area contributed by atoms with E-state index in [9.17, 15) is 4.79 Å². The maximum atomic E-state index is 13.2. The van der Waals surface area contributed by atoms with E-state index in [0.717, 1.165) is 57.0 Å². The molecule has 1 N–H and O–H groups in total. The lowest BCUT2D eigenvalue weighted by atomic mass is 9.84. The number of amides is 1. The zero-order chi connectivity index (χ0) is 17.9. The first-order valence-corrected chi connectivity index (χ1v) is 9.37. The number of hydrogen-bond donors (Lipinski definition) is 1. The van der Waals surface area contributed by atoms with Gasteiger partial charge in [-0.3, -0.25) is 9.69 Å². The van der Waals surface area contributed by atoms with E-state index in [1.165, 1.54) is 0 Å². The molecule has 3 rings (SSSR count). The number of rotatable bonds is 5. The molecule has 1 aromatic rings. The van der Waals surface area contributed by atoms with Crippen LogP contribution in [0.25, 0.3) is 0 Å². The molecule has 0 aromatic heterocycles. The summed E-state index contributed by atoms with van der Waals surface area (Å²) in [6.07, 6.45) is 1.79. The fourth-order valence-electron chi connectivity index (χ4n) is 4.10. The van der Waals surface area contributed by atoms with Crippen LogP contribution in [-0.2, 0) is 11.2 Å². The van der Waals surface area contributed by atoms with Crippen LogP contribution in [0.1, 0.15) is 25.8 Å². The van der Waals surface area contributed by atoms with Gasteiger partial charge in [0.2, 0.25) is 5.91 Å². The van der Waals surface area contributed by atoms with Gasteiger partial charge in [-0.05, 0) is 24.5 Å². The van der Waals surface area contributed by atoms with Crippen molar-refractivity contribution in [3.05, 3.63) is 29.8 Å². The molecule has 26 heavy (non-hydrogen) atoms. The van der Waals surface area contributed by atoms with Crippen LogP contribution in [0.4, 0.5) is 0 Å². The molecule has 2 aliphatic heterocycles. The summed E-state index contributed by atoms with van der Waals surface area (Å²) in [5.41, 5.74) is 0.675. The Labute approximate surface area is 163 Å². The fraction of sp³-hybridized carbons (Fsp3) is 0.650. The van der Waals surface area contributed by atoms with Crippen molar-refractivity contribution in [2.24, 2.45) is 5.41 Å². The highest BCUT2D eigenvalue weighted by atomic mass is 35.5. The Bertz CT molecular complexity index is 602. The van der Waals surface area contributed by atoms with Crippen molar-refractivity contribution in [1.29, 1.82) is 0 Å². The second kappa shape index (κ2) is 9.07. The highest BCUT2D eigenvalue weighted by Crippen LogP contribution is 2.31. The number of nitrogens with zero attached hydrogens (tertiary/aromatic N) is 2. The number of piperazine rings is 1. The summed E-state index contributed by atoms with van der Waals surface area (Å²) >= 11 is 0. The van der Waals surface area contributed by atoms with E-state index in [2.05, 4.69) is 35.0 Å². The summed E-state index contributed by atoms with van der Waals surface area (Å²) in [5.74, 6) is 1.12. The maximum Gasteiger partial charge on any atom is 0.228 e. The van der Waals surface area contributed by atoms with E-state index in [4.69, 9.17) is 4.74 Å². The lowest BCUT2D eigenvalue weighted by Crippen LogP contribution is -2.50. The van der Waals surface area contributed by atoms with E-state index in [1.807, 2.05) is 18.2 Å². The number of nitrogens with one attached hydrogen (secondary N) is 1. The summed E-state index contributed by atoms with van der Waals surface area (Å²) in [5, 5.41) is 3.40. The summed E-state index contributed by atoms with van der Waals surface area (Å²) in [4.78, 5) is 17.8. The van der Waals surface area contributed by atoms with Crippen molar-refractivity contribution in [3.8, 4) is 5.75 Å². The van der Waals surface area contributed by atoms with E-state index >= 15 is 0 Å². The molecule has 5 nitrogen and oxygen atoms in total. The minimum Gasteiger partial charge on any atom is -0.496 e. The molecule has 1 aromatic carbocycles. The average Bonchev–Trinajstić information content (AvgIpc) is 3.12. The predicted molar refractivity (Wildman–Crippen MR) is 107 cm³/mol. The highest BCUT2D eigenvalue weighted by molar-refractivity contribution is 5.85. The molecule has 2 heterocycles. The molecule has 0 radical (unpaired) electrons. The first kappa shape index (κ1) is 21.0. The molecule has 2 aliphatic rings. The number of ether oxygens (including phenoxy) is 1. The highest BCUT2D eigenvalue weighted by Gasteiger charge is 2.38. The smallest absolute Gasteiger partial charge is 0.228 e. The summed E-state index contributed by atoms with van der Waals surface area (Å²) in [6, 6.07) is 8.52. The lowest BCUT2D eigenvalue weighted by molar-refractivity contribution is -0.139. The van der Waals surface area contributed by atoms with Gasteiger partial charge in [0, 0.05) is 50.7 Å². The van der Waals surface area contributed by atoms with Crippen LogP contribution in [0.3, 0.4) is 0 Å². The van der Waals surface area contributed by atoms with Crippen LogP contribution < -0.4 is 10.1 Å². The van der Waals surface area contributed by atoms with Gasteiger partial charge in [-0.15, -0.1) is 12.4 Å². The largest absolute Gasteiger partial charge is 0.496 e. The Morgan fingerprint density at radius 2 is 1.92 bits per heavy atom. The van der Waals surface area contributed by atoms with Crippen LogP contribution in [0.2, 0.25) is 0 Å². The molecule has 0 aliphatic carbocycles. The van der Waals surface area contributed by atoms with Gasteiger partial charge in [0.25, 0.3) is 0 Å². The second-order valence-corrected chi connectivity index (χ2v) is 7.85. The number of methoxy groups -OCH3 is 1. The monoisotopic (exact) mass is 381 g/mol. The number of likely N-dealkylation sites (tertiary alicyclic amines) is 1. The third-order valence-electron chi connectivity index (χ3n) is 5.52. The van der Waals surface area contributed by atoms with E-state index < -0.39 is 5.41 Å². The Morgan fingerprint density at radius 1 is 1.23 bits per heavy atom. The van der Waals surface area contributed by atoms with Crippen molar-refractivity contribution in [2.45, 2.75) is 32.7 Å². The fourth-order valence-corrected chi connectivity index (χ4v) is 4.10. The quantitative estimate of drug-likeness (QED) is 0.849. The number of benzene rings is 1. The third kappa shape index (κ3) is 4.70. The predicted octanol–water partition coefficient (Wildman–Crippen LogP) is 2.19. The summed E-state index contributed by atoms with van der Waals surface area (Å²) in [7, 11) is 1.69. The Balaban J connectivity index is 0.00000243. The molecule has 0 saturated carbocycles. The van der Waals surface area contributed by atoms with Crippen molar-refractivity contribution in [3.63, 3.8) is 0 Å². The van der Waals surface area contributed by atoms with Crippen LogP contribution >= 0.6 is 12.4 Å². The lowest BCUT2D eigenvalue weighted by Gasteiger charge is -2.34. The van der Waals surface area contributed by atoms with Crippen molar-refractivity contribution in [2.75, 3.05) is 46.4 Å². The maximum absolute atomic E-state index is 13.2. The van der Waals surface area contributed by atoms with Crippen LogP contribution in [0.15, 0.2) is 24.3 Å². The summed E-state index contributed by atoms with van der Waals surface area (Å²) in [6.45, 7) is 10.2. The van der Waals surface area contributed by atoms with Gasteiger partial charge < -0.3 is 15.0 Å². The van der Waals surface area contributed by atoms with Crippen LogP contribution in [-0.4, -0.2) is 68.1 Å². The van der Waals surface area contributed by atoms with Gasteiger partial charge in [0.1, 0.15) is 5.75 Å². The molecule has 0 bridgehead atoms. The SMILES string of the molecule is COc1ccccc1CC(C)(C)C(=O)N1CCC(N2CCNCC2)C1.Cl. The van der Waals surface area contributed by atoms with Gasteiger partial charge in [0.05, 0.1) is 7.11 Å². The van der Waals surface area contributed by atoms with E-state index in [0.29, 0.717) is 12.5 Å². The topological polar surface area (TPSA) is 44.8 Å². The first-order chi connectivity index (χ1) is 12.0. The molecule has 6 heteroatoms. The van der Waals surface area contributed by atoms with Crippen LogP contribution in [0, 0.1) is 5.41 Å². The van der Waals surface area contributed by atoms with E-state index in [-0.39, 0.29) is 18.3 Å². The molecule has 1 amide bonds. The van der Waals surface area contributed by atoms with Crippen molar-refractivity contribution >= 4 is 18.3 Å². The molecule has 2 fully saturated rings. The number of halogens is 1. The van der Waals surface area contributed by atoms with E-state index in [1.54, 1.807) is 7.11 Å². The van der Waals surface area contributed by atoms with Gasteiger partial charge in [-0.2, -0.15) is 0 Å². The second-order valence-electron chi connectivity index (χ2n) is 7.85. The molecule has 2 saturated heterocycles. The molecular weight excluding hydrogens is 350 g/mol. The van der Waals surface area contributed by atoms with Crippen molar-refractivity contribution in [1.82, 2.24) is 15.1 Å². The van der Waals surface area contributed by atoms with Gasteiger partial charge in [-0.25, -0.2) is 0 Å². The Kier molecular flexibility index (Phi) is 7.33. The number of carbonyl (C=O) groups is 1. The molecular formula is C20H32ClN3O2. The minimum absolute atomic E-state index is 0. The normalized spacial score (nSPS) is 21.3. The Hall–Kier alpha value is -1.30. The molecule has 146 valence electrons. The van der Waals surface area contributed by atoms with Crippen molar-refractivity contribution < 1.29 is 9.53 Å². The minimum atomic E-state index is -0.424. The third-order valence-corrected chi connectivity index (χ3v) is 5.52. The first-order valence-electron chi connectivity index (χ1n) is 9.37. The number of hydrogen-bond acceptors (Lipinski definition) is 4. The molecule has 1 unspecified atom stereocenters. The standard InChI is InChI=1S/C20H31N3O2.ClH/c1-20(2,14-16-6-4-5-7-18(16)25-3)19(24)23-11-8-17(15-23)22-12-9-21-10-13-22;/h4-7,17,21H,8-15H2,1-3H3;1H. The van der Waals surface area contributed by atoms with Gasteiger partial charge in [-0.1, -0.05) is 32.0 Å². The Morgan fingerprint density at radius 3 is 2.62 bits per heavy atom. The number of carbonyl (C=O) groups excluding carboxylic acids is 1. The molecule has 1 atom stereocenters. The zero-order valence-corrected chi connectivity index (χ0v) is 17.0. The van der Waals surface area contributed by atoms with Gasteiger partial charge in [0.15, 0.2) is 0 Å². The average molecular weight is 382 g/mol. The zero-order valence-electron chi connectivity index (χ0n) is 16.2. The molecule has 0 spiro atoms. The van der Waals surface area contributed by atoms with Crippen LogP contribution in [0.5, 0.6) is 5.75 Å². The number of para-hydroxylation sites is 1. The van der Waals surface area contributed by atoms with Gasteiger partial charge >= 0.3 is 0 Å². The summed E-state index contributed by atoms with van der Waals surface area (Å²) < 4.78 is 5.46.